The third-order valence-corrected chi connectivity index (χ3v) is 7.15. The molecule has 7 heteroatoms. The van der Waals surface area contributed by atoms with Crippen LogP contribution in [0.2, 0.25) is 0 Å². The molecule has 1 N–H and O–H groups in total. The van der Waals surface area contributed by atoms with Gasteiger partial charge in [0.05, 0.1) is 18.2 Å². The molecule has 2 aromatic carbocycles. The number of carbonyl (C=O) groups is 2. The highest BCUT2D eigenvalue weighted by Crippen LogP contribution is 2.41. The number of aliphatic hydroxyl groups excluding tert-OH is 1. The van der Waals surface area contributed by atoms with Crippen molar-refractivity contribution < 1.29 is 24.2 Å². The third kappa shape index (κ3) is 5.67. The van der Waals surface area contributed by atoms with E-state index in [0.717, 1.165) is 61.5 Å². The molecular weight excluding hydrogens is 468 g/mol. The van der Waals surface area contributed by atoms with Crippen LogP contribution in [0.15, 0.2) is 48.0 Å². The SMILES string of the molecule is CCCOc1ccc(C2/C(=C(\O)c3ccc4c(c3)CC(C)O4)C(=O)C(=O)N2CCCN(CC)CC)cc1. The van der Waals surface area contributed by atoms with Crippen LogP contribution in [0.4, 0.5) is 0 Å². The first-order valence-corrected chi connectivity index (χ1v) is 13.4. The lowest BCUT2D eigenvalue weighted by Gasteiger charge is -2.27. The monoisotopic (exact) mass is 506 g/mol. The van der Waals surface area contributed by atoms with E-state index in [4.69, 9.17) is 9.47 Å². The Morgan fingerprint density at radius 3 is 2.51 bits per heavy atom. The molecule has 198 valence electrons. The minimum Gasteiger partial charge on any atom is -0.507 e. The van der Waals surface area contributed by atoms with Crippen LogP contribution < -0.4 is 9.47 Å². The fourth-order valence-corrected chi connectivity index (χ4v) is 5.15. The molecule has 37 heavy (non-hydrogen) atoms. The van der Waals surface area contributed by atoms with E-state index in [9.17, 15) is 14.7 Å². The van der Waals surface area contributed by atoms with E-state index >= 15 is 0 Å². The van der Waals surface area contributed by atoms with Crippen molar-refractivity contribution in [2.75, 3.05) is 32.8 Å². The summed E-state index contributed by atoms with van der Waals surface area (Å²) in [5, 5.41) is 11.4. The average Bonchev–Trinajstić information content (AvgIpc) is 3.40. The molecule has 0 spiro atoms. The minimum absolute atomic E-state index is 0.0669. The highest BCUT2D eigenvalue weighted by Gasteiger charge is 2.46. The fourth-order valence-electron chi connectivity index (χ4n) is 5.15. The molecule has 4 rings (SSSR count). The molecule has 2 aliphatic heterocycles. The van der Waals surface area contributed by atoms with Crippen molar-refractivity contribution in [3.05, 3.63) is 64.7 Å². The minimum atomic E-state index is -0.666. The van der Waals surface area contributed by atoms with Gasteiger partial charge in [-0.15, -0.1) is 0 Å². The van der Waals surface area contributed by atoms with Gasteiger partial charge < -0.3 is 24.4 Å². The molecule has 2 heterocycles. The van der Waals surface area contributed by atoms with E-state index in [1.807, 2.05) is 50.2 Å². The van der Waals surface area contributed by atoms with Crippen molar-refractivity contribution in [1.82, 2.24) is 9.80 Å². The molecule has 2 aliphatic rings. The van der Waals surface area contributed by atoms with Gasteiger partial charge in [-0.2, -0.15) is 0 Å². The van der Waals surface area contributed by atoms with Crippen LogP contribution in [0.25, 0.3) is 5.76 Å². The van der Waals surface area contributed by atoms with Crippen molar-refractivity contribution >= 4 is 17.4 Å². The normalized spacial score (nSPS) is 20.4. The number of ketones is 1. The van der Waals surface area contributed by atoms with Gasteiger partial charge in [0, 0.05) is 18.5 Å². The van der Waals surface area contributed by atoms with E-state index in [0.29, 0.717) is 18.7 Å². The number of Topliss-reactive ketones (excluding diaryl/α,β-unsaturated/α-hetero) is 1. The maximum Gasteiger partial charge on any atom is 0.295 e. The largest absolute Gasteiger partial charge is 0.507 e. The zero-order valence-corrected chi connectivity index (χ0v) is 22.3. The van der Waals surface area contributed by atoms with Gasteiger partial charge in [-0.1, -0.05) is 32.9 Å². The second-order valence-corrected chi connectivity index (χ2v) is 9.75. The first kappa shape index (κ1) is 26.7. The zero-order chi connectivity index (χ0) is 26.5. The zero-order valence-electron chi connectivity index (χ0n) is 22.3. The Labute approximate surface area is 219 Å². The van der Waals surface area contributed by atoms with Gasteiger partial charge >= 0.3 is 0 Å². The van der Waals surface area contributed by atoms with Crippen LogP contribution in [0, 0.1) is 0 Å². The summed E-state index contributed by atoms with van der Waals surface area (Å²) in [5.74, 6) is 0.150. The number of benzene rings is 2. The van der Waals surface area contributed by atoms with Gasteiger partial charge in [0.1, 0.15) is 23.4 Å². The molecule has 2 unspecified atom stereocenters. The molecule has 0 saturated carbocycles. The summed E-state index contributed by atoms with van der Waals surface area (Å²) < 4.78 is 11.5. The van der Waals surface area contributed by atoms with Gasteiger partial charge in [0.2, 0.25) is 0 Å². The molecule has 0 radical (unpaired) electrons. The topological polar surface area (TPSA) is 79.3 Å². The summed E-state index contributed by atoms with van der Waals surface area (Å²) in [6.07, 6.45) is 2.44. The van der Waals surface area contributed by atoms with Gasteiger partial charge in [-0.25, -0.2) is 0 Å². The maximum absolute atomic E-state index is 13.3. The van der Waals surface area contributed by atoms with Crippen LogP contribution in [-0.4, -0.2) is 65.5 Å². The van der Waals surface area contributed by atoms with Gasteiger partial charge in [-0.3, -0.25) is 9.59 Å². The summed E-state index contributed by atoms with van der Waals surface area (Å²) in [6, 6.07) is 12.2. The molecule has 1 amide bonds. The first-order chi connectivity index (χ1) is 17.9. The maximum atomic E-state index is 13.3. The Balaban J connectivity index is 1.71. The van der Waals surface area contributed by atoms with E-state index < -0.39 is 17.7 Å². The molecule has 1 saturated heterocycles. The highest BCUT2D eigenvalue weighted by molar-refractivity contribution is 6.46. The summed E-state index contributed by atoms with van der Waals surface area (Å²) in [5.41, 5.74) is 2.40. The fraction of sp³-hybridized carbons (Fsp3) is 0.467. The lowest BCUT2D eigenvalue weighted by atomic mass is 9.94. The Bertz CT molecular complexity index is 1150. The van der Waals surface area contributed by atoms with E-state index in [1.54, 1.807) is 11.0 Å². The number of carbonyl (C=O) groups excluding carboxylic acids is 2. The molecule has 7 nitrogen and oxygen atoms in total. The lowest BCUT2D eigenvalue weighted by molar-refractivity contribution is -0.140. The van der Waals surface area contributed by atoms with Crippen molar-refractivity contribution in [1.29, 1.82) is 0 Å². The first-order valence-electron chi connectivity index (χ1n) is 13.4. The smallest absolute Gasteiger partial charge is 0.295 e. The summed E-state index contributed by atoms with van der Waals surface area (Å²) in [7, 11) is 0. The second kappa shape index (κ2) is 11.8. The van der Waals surface area contributed by atoms with Gasteiger partial charge in [0.25, 0.3) is 11.7 Å². The Kier molecular flexibility index (Phi) is 8.54. The number of nitrogens with zero attached hydrogens (tertiary/aromatic N) is 2. The lowest BCUT2D eigenvalue weighted by Crippen LogP contribution is -2.33. The van der Waals surface area contributed by atoms with E-state index in [2.05, 4.69) is 18.7 Å². The highest BCUT2D eigenvalue weighted by atomic mass is 16.5. The molecular formula is C30H38N2O5. The number of likely N-dealkylation sites (tertiary alicyclic amines) is 1. The number of fused-ring (bicyclic) bond motifs is 1. The van der Waals surface area contributed by atoms with Crippen molar-refractivity contribution in [2.45, 2.75) is 59.1 Å². The Morgan fingerprint density at radius 1 is 1.11 bits per heavy atom. The van der Waals surface area contributed by atoms with Crippen LogP contribution in [0.3, 0.4) is 0 Å². The number of hydrogen-bond acceptors (Lipinski definition) is 6. The quantitative estimate of drug-likeness (QED) is 0.264. The summed E-state index contributed by atoms with van der Waals surface area (Å²) in [4.78, 5) is 30.5. The predicted octanol–water partition coefficient (Wildman–Crippen LogP) is 4.95. The molecule has 0 aliphatic carbocycles. The number of rotatable bonds is 11. The standard InChI is InChI=1S/C30H38N2O5/c1-5-17-36-24-12-9-21(10-13-24)27-26(28(33)22-11-14-25-23(19-22)18-20(4)37-25)29(34)30(35)32(27)16-8-15-31(6-2)7-3/h9-14,19-20,27,33H,5-8,15-18H2,1-4H3/b28-26+. The van der Waals surface area contributed by atoms with Crippen LogP contribution >= 0.6 is 0 Å². The van der Waals surface area contributed by atoms with Gasteiger partial charge in [-0.05, 0) is 80.9 Å². The molecule has 0 aromatic heterocycles. The van der Waals surface area contributed by atoms with Crippen molar-refractivity contribution in [3.8, 4) is 11.5 Å². The summed E-state index contributed by atoms with van der Waals surface area (Å²) in [6.45, 7) is 12.0. The van der Waals surface area contributed by atoms with Crippen LogP contribution in [0.1, 0.15) is 63.3 Å². The Hall–Kier alpha value is -3.32. The molecule has 0 bridgehead atoms. The average molecular weight is 507 g/mol. The molecule has 2 atom stereocenters. The summed E-state index contributed by atoms with van der Waals surface area (Å²) >= 11 is 0. The number of aliphatic hydroxyl groups is 1. The van der Waals surface area contributed by atoms with Crippen LogP contribution in [0.5, 0.6) is 11.5 Å². The van der Waals surface area contributed by atoms with E-state index in [-0.39, 0.29) is 17.4 Å². The van der Waals surface area contributed by atoms with Crippen molar-refractivity contribution in [3.63, 3.8) is 0 Å². The van der Waals surface area contributed by atoms with Crippen LogP contribution in [-0.2, 0) is 16.0 Å². The number of ether oxygens (including phenoxy) is 2. The Morgan fingerprint density at radius 2 is 1.84 bits per heavy atom. The molecule has 2 aromatic rings. The van der Waals surface area contributed by atoms with E-state index in [1.165, 1.54) is 0 Å². The molecule has 1 fully saturated rings. The third-order valence-electron chi connectivity index (χ3n) is 7.15. The number of hydrogen-bond donors (Lipinski definition) is 1. The predicted molar refractivity (Wildman–Crippen MR) is 144 cm³/mol. The number of amides is 1. The van der Waals surface area contributed by atoms with Gasteiger partial charge in [0.15, 0.2) is 0 Å². The van der Waals surface area contributed by atoms with Crippen molar-refractivity contribution in [2.24, 2.45) is 0 Å². The second-order valence-electron chi connectivity index (χ2n) is 9.75.